The lowest BCUT2D eigenvalue weighted by molar-refractivity contribution is 0.164. The van der Waals surface area contributed by atoms with Gasteiger partial charge >= 0.3 is 0 Å². The van der Waals surface area contributed by atoms with Gasteiger partial charge in [0.1, 0.15) is 5.82 Å². The van der Waals surface area contributed by atoms with Crippen molar-refractivity contribution in [2.75, 3.05) is 49.4 Å². The summed E-state index contributed by atoms with van der Waals surface area (Å²) in [6, 6.07) is 3.48. The van der Waals surface area contributed by atoms with Gasteiger partial charge in [-0.2, -0.15) is 0 Å². The second-order valence-electron chi connectivity index (χ2n) is 7.20. The van der Waals surface area contributed by atoms with Crippen molar-refractivity contribution in [2.45, 2.75) is 36.6 Å². The zero-order valence-corrected chi connectivity index (χ0v) is 19.3. The van der Waals surface area contributed by atoms with Gasteiger partial charge in [0.2, 0.25) is 0 Å². The van der Waals surface area contributed by atoms with E-state index in [2.05, 4.69) is 25.2 Å². The van der Waals surface area contributed by atoms with Gasteiger partial charge < -0.3 is 20.5 Å². The van der Waals surface area contributed by atoms with E-state index in [1.807, 2.05) is 5.38 Å². The predicted octanol–water partition coefficient (Wildman–Crippen LogP) is 4.29. The van der Waals surface area contributed by atoms with Crippen LogP contribution in [-0.2, 0) is 0 Å². The summed E-state index contributed by atoms with van der Waals surface area (Å²) in [6.07, 6.45) is 5.65. The second-order valence-corrected chi connectivity index (χ2v) is 9.35. The molecule has 3 rings (SSSR count). The number of rotatable bonds is 11. The molecule has 2 heterocycles. The zero-order valence-electron chi connectivity index (χ0n) is 16.9. The molecular formula is C20H29ClFN5OS2. The van der Waals surface area contributed by atoms with Gasteiger partial charge in [0.15, 0.2) is 5.13 Å². The van der Waals surface area contributed by atoms with Crippen LogP contribution in [0.3, 0.4) is 0 Å². The maximum absolute atomic E-state index is 14.4. The summed E-state index contributed by atoms with van der Waals surface area (Å²) >= 11 is 8.96. The molecule has 30 heavy (non-hydrogen) atoms. The molecule has 0 bridgehead atoms. The summed E-state index contributed by atoms with van der Waals surface area (Å²) < 4.78 is 17.4. The second kappa shape index (κ2) is 12.7. The molecule has 0 aliphatic carbocycles. The molecular weight excluding hydrogens is 445 g/mol. The molecule has 1 aromatic heterocycles. The zero-order chi connectivity index (χ0) is 21.2. The van der Waals surface area contributed by atoms with E-state index in [9.17, 15) is 9.50 Å². The molecule has 6 nitrogen and oxygen atoms in total. The smallest absolute Gasteiger partial charge is 0.192 e. The average Bonchev–Trinajstić information content (AvgIpc) is 3.16. The summed E-state index contributed by atoms with van der Waals surface area (Å²) in [5.74, 6) is -0.320. The molecule has 1 aliphatic rings. The third kappa shape index (κ3) is 7.25. The first-order valence-corrected chi connectivity index (χ1v) is 12.4. The van der Waals surface area contributed by atoms with Crippen LogP contribution in [0.1, 0.15) is 25.7 Å². The number of aromatic nitrogens is 1. The Morgan fingerprint density at radius 2 is 2.30 bits per heavy atom. The minimum Gasteiger partial charge on any atom is -0.396 e. The molecule has 1 unspecified atom stereocenters. The number of halogens is 2. The van der Waals surface area contributed by atoms with Crippen molar-refractivity contribution in [3.05, 3.63) is 34.5 Å². The first-order chi connectivity index (χ1) is 14.7. The molecule has 1 saturated heterocycles. The Hall–Kier alpha value is -1.10. The van der Waals surface area contributed by atoms with E-state index < -0.39 is 0 Å². The lowest BCUT2D eigenvalue weighted by Gasteiger charge is -2.29. The van der Waals surface area contributed by atoms with Gasteiger partial charge in [-0.25, -0.2) is 9.37 Å². The van der Waals surface area contributed by atoms with Crippen LogP contribution in [0.15, 0.2) is 28.6 Å². The quantitative estimate of drug-likeness (QED) is 0.286. The number of nitrogens with zero attached hydrogens (tertiary/aromatic N) is 2. The monoisotopic (exact) mass is 473 g/mol. The highest BCUT2D eigenvalue weighted by Crippen LogP contribution is 2.32. The fraction of sp³-hybridized carbons (Fsp3) is 0.550. The summed E-state index contributed by atoms with van der Waals surface area (Å²) in [5, 5.41) is 19.1. The van der Waals surface area contributed by atoms with E-state index in [-0.39, 0.29) is 12.4 Å². The van der Waals surface area contributed by atoms with E-state index in [0.717, 1.165) is 75.5 Å². The maximum atomic E-state index is 14.4. The van der Waals surface area contributed by atoms with E-state index >= 15 is 0 Å². The van der Waals surface area contributed by atoms with Crippen LogP contribution < -0.4 is 15.4 Å². The van der Waals surface area contributed by atoms with Crippen LogP contribution in [0, 0.1) is 5.82 Å². The number of hydrogen-bond acceptors (Lipinski definition) is 8. The third-order valence-electron chi connectivity index (χ3n) is 5.05. The summed E-state index contributed by atoms with van der Waals surface area (Å²) in [4.78, 5) is 7.02. The molecule has 166 valence electrons. The van der Waals surface area contributed by atoms with Crippen LogP contribution in [0.5, 0.6) is 0 Å². The van der Waals surface area contributed by atoms with E-state index in [4.69, 9.17) is 11.6 Å². The Morgan fingerprint density at radius 1 is 1.40 bits per heavy atom. The topological polar surface area (TPSA) is 72.5 Å². The number of nitrogens with one attached hydrogen (secondary N) is 3. The summed E-state index contributed by atoms with van der Waals surface area (Å²) in [5.41, 5.74) is 0.616. The first kappa shape index (κ1) is 23.6. The number of aliphatic hydroxyl groups excluding tert-OH is 1. The van der Waals surface area contributed by atoms with Gasteiger partial charge in [0.05, 0.1) is 15.6 Å². The molecule has 10 heteroatoms. The van der Waals surface area contributed by atoms with Crippen molar-refractivity contribution in [3.8, 4) is 0 Å². The number of benzene rings is 1. The fourth-order valence-corrected chi connectivity index (χ4v) is 5.06. The van der Waals surface area contributed by atoms with Crippen molar-refractivity contribution in [1.82, 2.24) is 15.2 Å². The van der Waals surface area contributed by atoms with Gasteiger partial charge in [0.25, 0.3) is 0 Å². The molecule has 1 aromatic carbocycles. The molecule has 1 aliphatic heterocycles. The SMILES string of the molecule is OCCC1CNCCCN1CCCCNc1cc(F)c(SNc2nccs2)cc1Cl. The van der Waals surface area contributed by atoms with Crippen molar-refractivity contribution < 1.29 is 9.50 Å². The van der Waals surface area contributed by atoms with Crippen LogP contribution in [0.2, 0.25) is 5.02 Å². The van der Waals surface area contributed by atoms with Gasteiger partial charge in [-0.3, -0.25) is 4.90 Å². The number of aliphatic hydroxyl groups is 1. The Morgan fingerprint density at radius 3 is 3.10 bits per heavy atom. The lowest BCUT2D eigenvalue weighted by Crippen LogP contribution is -2.41. The van der Waals surface area contributed by atoms with Crippen molar-refractivity contribution in [3.63, 3.8) is 0 Å². The third-order valence-corrected chi connectivity index (χ3v) is 7.01. The first-order valence-electron chi connectivity index (χ1n) is 10.3. The van der Waals surface area contributed by atoms with Crippen LogP contribution in [-0.4, -0.2) is 60.4 Å². The van der Waals surface area contributed by atoms with Gasteiger partial charge in [-0.05, 0) is 69.4 Å². The van der Waals surface area contributed by atoms with Gasteiger partial charge in [-0.15, -0.1) is 11.3 Å². The van der Waals surface area contributed by atoms with Crippen LogP contribution in [0.4, 0.5) is 15.2 Å². The van der Waals surface area contributed by atoms with E-state index in [1.165, 1.54) is 17.4 Å². The molecule has 0 amide bonds. The highest BCUT2D eigenvalue weighted by Gasteiger charge is 2.19. The van der Waals surface area contributed by atoms with Gasteiger partial charge in [0, 0.05) is 37.3 Å². The van der Waals surface area contributed by atoms with Crippen molar-refractivity contribution in [1.29, 1.82) is 0 Å². The minimum atomic E-state index is -0.320. The van der Waals surface area contributed by atoms with Crippen molar-refractivity contribution in [2.24, 2.45) is 0 Å². The maximum Gasteiger partial charge on any atom is 0.192 e. The number of hydrogen-bond donors (Lipinski definition) is 4. The van der Waals surface area contributed by atoms with E-state index in [1.54, 1.807) is 12.3 Å². The summed E-state index contributed by atoms with van der Waals surface area (Å²) in [7, 11) is 0. The molecule has 2 aromatic rings. The normalized spacial score (nSPS) is 17.6. The lowest BCUT2D eigenvalue weighted by atomic mass is 10.1. The van der Waals surface area contributed by atoms with Crippen molar-refractivity contribution >= 4 is 45.7 Å². The standard InChI is InChI=1S/C20H29ClFN5OS2/c21-16-12-19(30-26-20-25-7-11-29-20)17(22)13-18(16)24-6-1-2-8-27-9-3-5-23-14-15(27)4-10-28/h7,11-13,15,23-24,28H,1-6,8-10,14H2,(H,25,26). The Balaban J connectivity index is 1.42. The fourth-order valence-electron chi connectivity index (χ4n) is 3.49. The molecule has 0 radical (unpaired) electrons. The average molecular weight is 474 g/mol. The molecule has 0 saturated carbocycles. The number of unbranched alkanes of at least 4 members (excludes halogenated alkanes) is 1. The molecule has 1 fully saturated rings. The minimum absolute atomic E-state index is 0.224. The Bertz CT molecular complexity index is 768. The molecule has 4 N–H and O–H groups in total. The van der Waals surface area contributed by atoms with Crippen LogP contribution in [0.25, 0.3) is 0 Å². The summed E-state index contributed by atoms with van der Waals surface area (Å²) in [6.45, 7) is 5.01. The molecule has 0 spiro atoms. The highest BCUT2D eigenvalue weighted by molar-refractivity contribution is 8.00. The Labute approximate surface area is 190 Å². The van der Waals surface area contributed by atoms with E-state index in [0.29, 0.717) is 21.6 Å². The highest BCUT2D eigenvalue weighted by atomic mass is 35.5. The Kier molecular flexibility index (Phi) is 9.96. The molecule has 1 atom stereocenters. The number of thiazole rings is 1. The number of anilines is 2. The van der Waals surface area contributed by atoms with Gasteiger partial charge in [-0.1, -0.05) is 11.6 Å². The van der Waals surface area contributed by atoms with Crippen LogP contribution >= 0.6 is 34.9 Å². The predicted molar refractivity (Wildman–Crippen MR) is 125 cm³/mol. The largest absolute Gasteiger partial charge is 0.396 e.